The van der Waals surface area contributed by atoms with Crippen molar-refractivity contribution in [2.75, 3.05) is 13.3 Å². The lowest BCUT2D eigenvalue weighted by Gasteiger charge is -2.21. The molecule has 1 atom stereocenters. The molecule has 1 unspecified atom stereocenters. The van der Waals surface area contributed by atoms with Gasteiger partial charge >= 0.3 is 5.97 Å². The first-order chi connectivity index (χ1) is 8.74. The number of carbonyl (C=O) groups is 1. The monoisotopic (exact) mass is 285 g/mol. The van der Waals surface area contributed by atoms with Gasteiger partial charge in [-0.3, -0.25) is 9.69 Å². The van der Waals surface area contributed by atoms with Crippen molar-refractivity contribution in [3.63, 3.8) is 0 Å². The highest BCUT2D eigenvalue weighted by Crippen LogP contribution is 2.33. The van der Waals surface area contributed by atoms with E-state index in [1.54, 1.807) is 0 Å². The standard InChI is InChI=1S/C13H15NO4.ClH/c15-13(16)10-2-1-5-14(10)7-9-3-4-11-12(6-9)18-8-17-11;/h3-4,6,10H,1-2,5,7-8H2,(H,15,16);1H. The number of fused-ring (bicyclic) bond motifs is 1. The van der Waals surface area contributed by atoms with E-state index in [0.717, 1.165) is 36.4 Å². The van der Waals surface area contributed by atoms with Crippen molar-refractivity contribution in [2.45, 2.75) is 25.4 Å². The Morgan fingerprint density at radius 1 is 1.37 bits per heavy atom. The fourth-order valence-electron chi connectivity index (χ4n) is 2.57. The molecule has 3 rings (SSSR count). The minimum Gasteiger partial charge on any atom is -0.480 e. The Labute approximate surface area is 117 Å². The van der Waals surface area contributed by atoms with Crippen LogP contribution < -0.4 is 9.47 Å². The predicted octanol–water partition coefficient (Wildman–Crippen LogP) is 1.89. The Hall–Kier alpha value is -1.46. The van der Waals surface area contributed by atoms with Crippen LogP contribution in [-0.4, -0.2) is 35.4 Å². The quantitative estimate of drug-likeness (QED) is 0.919. The van der Waals surface area contributed by atoms with Gasteiger partial charge in [-0.05, 0) is 37.1 Å². The molecule has 104 valence electrons. The Morgan fingerprint density at radius 3 is 2.95 bits per heavy atom. The lowest BCUT2D eigenvalue weighted by atomic mass is 10.1. The summed E-state index contributed by atoms with van der Waals surface area (Å²) in [6.07, 6.45) is 1.68. The third-order valence-electron chi connectivity index (χ3n) is 3.47. The number of carboxylic acid groups (broad SMARTS) is 1. The molecule has 6 heteroatoms. The number of hydrogen-bond donors (Lipinski definition) is 1. The zero-order chi connectivity index (χ0) is 12.5. The molecule has 5 nitrogen and oxygen atoms in total. The van der Waals surface area contributed by atoms with Gasteiger partial charge in [-0.1, -0.05) is 6.07 Å². The van der Waals surface area contributed by atoms with Gasteiger partial charge in [0.2, 0.25) is 6.79 Å². The van der Waals surface area contributed by atoms with Gasteiger partial charge in [0.05, 0.1) is 0 Å². The van der Waals surface area contributed by atoms with Crippen molar-refractivity contribution >= 4 is 18.4 Å². The molecule has 0 aromatic heterocycles. The number of halogens is 1. The number of hydrogen-bond acceptors (Lipinski definition) is 4. The van der Waals surface area contributed by atoms with E-state index in [4.69, 9.17) is 14.6 Å². The summed E-state index contributed by atoms with van der Waals surface area (Å²) in [4.78, 5) is 13.1. The molecule has 0 aliphatic carbocycles. The van der Waals surface area contributed by atoms with Crippen molar-refractivity contribution < 1.29 is 19.4 Å². The summed E-state index contributed by atoms with van der Waals surface area (Å²) in [6, 6.07) is 5.42. The number of likely N-dealkylation sites (tertiary alicyclic amines) is 1. The number of ether oxygens (including phenoxy) is 2. The zero-order valence-corrected chi connectivity index (χ0v) is 11.2. The third-order valence-corrected chi connectivity index (χ3v) is 3.47. The van der Waals surface area contributed by atoms with E-state index in [2.05, 4.69) is 0 Å². The van der Waals surface area contributed by atoms with Crippen LogP contribution in [0.4, 0.5) is 0 Å². The summed E-state index contributed by atoms with van der Waals surface area (Å²) in [7, 11) is 0. The Kier molecular flexibility index (Phi) is 4.17. The van der Waals surface area contributed by atoms with E-state index in [0.29, 0.717) is 6.54 Å². The first-order valence-corrected chi connectivity index (χ1v) is 6.09. The SMILES string of the molecule is Cl.O=C(O)C1CCCN1Cc1ccc2c(c1)OCO2. The van der Waals surface area contributed by atoms with Crippen LogP contribution in [0, 0.1) is 0 Å². The van der Waals surface area contributed by atoms with Gasteiger partial charge in [0.1, 0.15) is 6.04 Å². The number of carboxylic acids is 1. The van der Waals surface area contributed by atoms with Crippen LogP contribution in [0.5, 0.6) is 11.5 Å². The average molecular weight is 286 g/mol. The first-order valence-electron chi connectivity index (χ1n) is 6.09. The van der Waals surface area contributed by atoms with E-state index < -0.39 is 5.97 Å². The summed E-state index contributed by atoms with van der Waals surface area (Å²) < 4.78 is 10.6. The van der Waals surface area contributed by atoms with Crippen LogP contribution in [0.2, 0.25) is 0 Å². The third kappa shape index (κ3) is 2.77. The molecule has 1 aromatic carbocycles. The molecule has 1 N–H and O–H groups in total. The van der Waals surface area contributed by atoms with Gasteiger partial charge in [-0.2, -0.15) is 0 Å². The van der Waals surface area contributed by atoms with Gasteiger partial charge in [0.25, 0.3) is 0 Å². The second-order valence-electron chi connectivity index (χ2n) is 4.65. The number of nitrogens with zero attached hydrogens (tertiary/aromatic N) is 1. The lowest BCUT2D eigenvalue weighted by molar-refractivity contribution is -0.142. The molecule has 1 fully saturated rings. The largest absolute Gasteiger partial charge is 0.480 e. The van der Waals surface area contributed by atoms with E-state index in [1.807, 2.05) is 23.1 Å². The summed E-state index contributed by atoms with van der Waals surface area (Å²) in [6.45, 7) is 1.75. The topological polar surface area (TPSA) is 59.0 Å². The first kappa shape index (κ1) is 14.0. The molecule has 0 saturated carbocycles. The molecular formula is C13H16ClNO4. The molecule has 0 spiro atoms. The van der Waals surface area contributed by atoms with Crippen molar-refractivity contribution in [3.8, 4) is 11.5 Å². The number of benzene rings is 1. The fraction of sp³-hybridized carbons (Fsp3) is 0.462. The maximum atomic E-state index is 11.1. The molecule has 1 aromatic rings. The van der Waals surface area contributed by atoms with E-state index >= 15 is 0 Å². The zero-order valence-electron chi connectivity index (χ0n) is 10.4. The van der Waals surface area contributed by atoms with Crippen molar-refractivity contribution in [1.29, 1.82) is 0 Å². The van der Waals surface area contributed by atoms with Crippen LogP contribution in [0.3, 0.4) is 0 Å². The van der Waals surface area contributed by atoms with Crippen LogP contribution in [0.1, 0.15) is 18.4 Å². The Bertz CT molecular complexity index is 480. The van der Waals surface area contributed by atoms with E-state index in [1.165, 1.54) is 0 Å². The second-order valence-corrected chi connectivity index (χ2v) is 4.65. The predicted molar refractivity (Wildman–Crippen MR) is 70.9 cm³/mol. The van der Waals surface area contributed by atoms with E-state index in [9.17, 15) is 4.79 Å². The fourth-order valence-corrected chi connectivity index (χ4v) is 2.57. The van der Waals surface area contributed by atoms with Gasteiger partial charge in [-0.25, -0.2) is 0 Å². The average Bonchev–Trinajstić information content (AvgIpc) is 2.96. The van der Waals surface area contributed by atoms with Gasteiger partial charge in [0.15, 0.2) is 11.5 Å². The highest BCUT2D eigenvalue weighted by Gasteiger charge is 2.30. The summed E-state index contributed by atoms with van der Waals surface area (Å²) in [5.74, 6) is 0.779. The van der Waals surface area contributed by atoms with Crippen LogP contribution in [0.25, 0.3) is 0 Å². The van der Waals surface area contributed by atoms with Crippen molar-refractivity contribution in [3.05, 3.63) is 23.8 Å². The molecule has 19 heavy (non-hydrogen) atoms. The van der Waals surface area contributed by atoms with Crippen molar-refractivity contribution in [1.82, 2.24) is 4.90 Å². The number of aliphatic carboxylic acids is 1. The molecule has 2 heterocycles. The maximum absolute atomic E-state index is 11.1. The summed E-state index contributed by atoms with van der Waals surface area (Å²) >= 11 is 0. The van der Waals surface area contributed by atoms with Gasteiger partial charge in [-0.15, -0.1) is 12.4 Å². The van der Waals surface area contributed by atoms with Gasteiger partial charge in [0, 0.05) is 6.54 Å². The maximum Gasteiger partial charge on any atom is 0.320 e. The summed E-state index contributed by atoms with van der Waals surface area (Å²) in [5, 5.41) is 9.13. The lowest BCUT2D eigenvalue weighted by Crippen LogP contribution is -2.35. The van der Waals surface area contributed by atoms with Crippen LogP contribution >= 0.6 is 12.4 Å². The molecule has 2 aliphatic heterocycles. The minimum atomic E-state index is -0.728. The molecule has 1 saturated heterocycles. The normalized spacial score (nSPS) is 21.2. The summed E-state index contributed by atoms with van der Waals surface area (Å²) in [5.41, 5.74) is 1.06. The van der Waals surface area contributed by atoms with E-state index in [-0.39, 0.29) is 25.2 Å². The molecule has 0 bridgehead atoms. The van der Waals surface area contributed by atoms with Crippen LogP contribution in [0.15, 0.2) is 18.2 Å². The minimum absolute atomic E-state index is 0. The molecule has 0 radical (unpaired) electrons. The van der Waals surface area contributed by atoms with Crippen molar-refractivity contribution in [2.24, 2.45) is 0 Å². The molecule has 0 amide bonds. The second kappa shape index (κ2) is 5.67. The Balaban J connectivity index is 0.00000133. The number of rotatable bonds is 3. The van der Waals surface area contributed by atoms with Gasteiger partial charge < -0.3 is 14.6 Å². The smallest absolute Gasteiger partial charge is 0.320 e. The molecule has 2 aliphatic rings. The Morgan fingerprint density at radius 2 is 2.16 bits per heavy atom. The molecular weight excluding hydrogens is 270 g/mol. The highest BCUT2D eigenvalue weighted by molar-refractivity contribution is 5.85. The highest BCUT2D eigenvalue weighted by atomic mass is 35.5. The van der Waals surface area contributed by atoms with Crippen LogP contribution in [-0.2, 0) is 11.3 Å².